The van der Waals surface area contributed by atoms with Crippen molar-refractivity contribution in [1.82, 2.24) is 0 Å². The van der Waals surface area contributed by atoms with E-state index in [4.69, 9.17) is 10.5 Å². The van der Waals surface area contributed by atoms with Gasteiger partial charge in [-0.15, -0.1) is 0 Å². The second kappa shape index (κ2) is 6.00. The Hall–Kier alpha value is -1.02. The number of fused-ring (bicyclic) bond motifs is 1. The van der Waals surface area contributed by atoms with Crippen LogP contribution in [-0.4, -0.2) is 5.60 Å². The maximum Gasteiger partial charge on any atom is 0.123 e. The molecule has 3 rings (SSSR count). The molecule has 1 fully saturated rings. The summed E-state index contributed by atoms with van der Waals surface area (Å²) in [5.41, 5.74) is 9.19. The molecule has 1 atom stereocenters. The van der Waals surface area contributed by atoms with Crippen LogP contribution in [0.2, 0.25) is 0 Å². The Bertz CT molecular complexity index is 486. The Morgan fingerprint density at radius 1 is 1.10 bits per heavy atom. The molecule has 1 saturated carbocycles. The van der Waals surface area contributed by atoms with Crippen molar-refractivity contribution in [2.75, 3.05) is 0 Å². The molecule has 2 heteroatoms. The number of rotatable bonds is 2. The standard InChI is InChI=1S/C19H29NO/c1-19(2)13-16-12-15(10-11-17(16)21-19)18(20)14-8-6-4-3-5-7-9-14/h10-12,14,18H,3-9,13,20H2,1-2H3. The van der Waals surface area contributed by atoms with E-state index in [0.717, 1.165) is 12.2 Å². The van der Waals surface area contributed by atoms with Crippen LogP contribution in [0.15, 0.2) is 18.2 Å². The third-order valence-corrected chi connectivity index (χ3v) is 5.13. The lowest BCUT2D eigenvalue weighted by molar-refractivity contribution is 0.138. The van der Waals surface area contributed by atoms with Gasteiger partial charge in [0.05, 0.1) is 0 Å². The minimum Gasteiger partial charge on any atom is -0.487 e. The van der Waals surface area contributed by atoms with Gasteiger partial charge in [0.25, 0.3) is 0 Å². The molecule has 0 amide bonds. The highest BCUT2D eigenvalue weighted by Gasteiger charge is 2.31. The highest BCUT2D eigenvalue weighted by atomic mass is 16.5. The third kappa shape index (κ3) is 3.42. The van der Waals surface area contributed by atoms with Gasteiger partial charge in [0.1, 0.15) is 11.4 Å². The third-order valence-electron chi connectivity index (χ3n) is 5.13. The molecular weight excluding hydrogens is 258 g/mol. The zero-order chi connectivity index (χ0) is 14.9. The minimum atomic E-state index is -0.0642. The fraction of sp³-hybridized carbons (Fsp3) is 0.684. The SMILES string of the molecule is CC1(C)Cc2cc(C(N)C3CCCCCCC3)ccc2O1. The summed E-state index contributed by atoms with van der Waals surface area (Å²) in [6.07, 6.45) is 10.4. The first-order valence-electron chi connectivity index (χ1n) is 8.63. The maximum atomic E-state index is 6.61. The van der Waals surface area contributed by atoms with Gasteiger partial charge in [0, 0.05) is 12.5 Å². The normalized spacial score (nSPS) is 23.8. The molecule has 0 saturated heterocycles. The number of nitrogens with two attached hydrogens (primary N) is 1. The first-order chi connectivity index (χ1) is 10.1. The van der Waals surface area contributed by atoms with Crippen molar-refractivity contribution in [2.45, 2.75) is 76.9 Å². The zero-order valence-corrected chi connectivity index (χ0v) is 13.5. The summed E-state index contributed by atoms with van der Waals surface area (Å²) in [7, 11) is 0. The van der Waals surface area contributed by atoms with Crippen LogP contribution >= 0.6 is 0 Å². The Morgan fingerprint density at radius 2 is 1.76 bits per heavy atom. The van der Waals surface area contributed by atoms with Crippen molar-refractivity contribution in [2.24, 2.45) is 11.7 Å². The average molecular weight is 287 g/mol. The molecule has 2 aliphatic rings. The molecule has 0 aromatic heterocycles. The second-order valence-corrected chi connectivity index (χ2v) is 7.54. The highest BCUT2D eigenvalue weighted by molar-refractivity contribution is 5.42. The average Bonchev–Trinajstić information content (AvgIpc) is 2.70. The van der Waals surface area contributed by atoms with Gasteiger partial charge in [0.2, 0.25) is 0 Å². The van der Waals surface area contributed by atoms with Gasteiger partial charge in [-0.2, -0.15) is 0 Å². The smallest absolute Gasteiger partial charge is 0.123 e. The van der Waals surface area contributed by atoms with Crippen molar-refractivity contribution in [3.63, 3.8) is 0 Å². The lowest BCUT2D eigenvalue weighted by Crippen LogP contribution is -2.24. The first-order valence-corrected chi connectivity index (χ1v) is 8.63. The molecule has 116 valence electrons. The Labute approximate surface area is 129 Å². The molecule has 21 heavy (non-hydrogen) atoms. The highest BCUT2D eigenvalue weighted by Crippen LogP contribution is 2.38. The summed E-state index contributed by atoms with van der Waals surface area (Å²) in [6.45, 7) is 4.31. The summed E-state index contributed by atoms with van der Waals surface area (Å²) in [4.78, 5) is 0. The first kappa shape index (κ1) is 14.9. The topological polar surface area (TPSA) is 35.2 Å². The molecule has 0 spiro atoms. The summed E-state index contributed by atoms with van der Waals surface area (Å²) >= 11 is 0. The Kier molecular flexibility index (Phi) is 4.26. The molecule has 0 bridgehead atoms. The van der Waals surface area contributed by atoms with Crippen LogP contribution < -0.4 is 10.5 Å². The molecule has 1 unspecified atom stereocenters. The van der Waals surface area contributed by atoms with Crippen molar-refractivity contribution in [1.29, 1.82) is 0 Å². The number of hydrogen-bond donors (Lipinski definition) is 1. The lowest BCUT2D eigenvalue weighted by Gasteiger charge is -2.26. The molecule has 1 heterocycles. The summed E-state index contributed by atoms with van der Waals surface area (Å²) in [6, 6.07) is 6.80. The molecular formula is C19H29NO. The quantitative estimate of drug-likeness (QED) is 0.851. The van der Waals surface area contributed by atoms with E-state index in [2.05, 4.69) is 32.0 Å². The van der Waals surface area contributed by atoms with E-state index in [9.17, 15) is 0 Å². The number of benzene rings is 1. The predicted octanol–water partition coefficient (Wildman–Crippen LogP) is 4.76. The monoisotopic (exact) mass is 287 g/mol. The summed E-state index contributed by atoms with van der Waals surface area (Å²) in [5, 5.41) is 0. The molecule has 1 aromatic rings. The van der Waals surface area contributed by atoms with Gasteiger partial charge in [0.15, 0.2) is 0 Å². The van der Waals surface area contributed by atoms with E-state index in [1.54, 1.807) is 0 Å². The van der Waals surface area contributed by atoms with E-state index >= 15 is 0 Å². The molecule has 1 aliphatic heterocycles. The van der Waals surface area contributed by atoms with Crippen LogP contribution in [0, 0.1) is 5.92 Å². The fourth-order valence-corrected chi connectivity index (χ4v) is 3.96. The van der Waals surface area contributed by atoms with Gasteiger partial charge in [-0.3, -0.25) is 0 Å². The van der Waals surface area contributed by atoms with Crippen molar-refractivity contribution in [3.05, 3.63) is 29.3 Å². The van der Waals surface area contributed by atoms with Crippen molar-refractivity contribution in [3.8, 4) is 5.75 Å². The summed E-state index contributed by atoms with van der Waals surface area (Å²) < 4.78 is 5.97. The molecule has 2 nitrogen and oxygen atoms in total. The van der Waals surface area contributed by atoms with Crippen LogP contribution in [0.3, 0.4) is 0 Å². The van der Waals surface area contributed by atoms with E-state index in [1.165, 1.54) is 56.1 Å². The molecule has 0 radical (unpaired) electrons. The Morgan fingerprint density at radius 3 is 2.48 bits per heavy atom. The van der Waals surface area contributed by atoms with Crippen LogP contribution in [-0.2, 0) is 6.42 Å². The van der Waals surface area contributed by atoms with Gasteiger partial charge < -0.3 is 10.5 Å². The summed E-state index contributed by atoms with van der Waals surface area (Å²) in [5.74, 6) is 1.70. The van der Waals surface area contributed by atoms with Gasteiger partial charge >= 0.3 is 0 Å². The van der Waals surface area contributed by atoms with Crippen molar-refractivity contribution < 1.29 is 4.74 Å². The number of hydrogen-bond acceptors (Lipinski definition) is 2. The second-order valence-electron chi connectivity index (χ2n) is 7.54. The van der Waals surface area contributed by atoms with E-state index in [1.807, 2.05) is 0 Å². The predicted molar refractivity (Wildman–Crippen MR) is 87.6 cm³/mol. The lowest BCUT2D eigenvalue weighted by atomic mass is 9.83. The van der Waals surface area contributed by atoms with Gasteiger partial charge in [-0.1, -0.05) is 44.2 Å². The van der Waals surface area contributed by atoms with Crippen molar-refractivity contribution >= 4 is 0 Å². The largest absolute Gasteiger partial charge is 0.487 e. The number of ether oxygens (including phenoxy) is 1. The van der Waals surface area contributed by atoms with E-state index in [0.29, 0.717) is 5.92 Å². The van der Waals surface area contributed by atoms with Crippen LogP contribution in [0.4, 0.5) is 0 Å². The Balaban J connectivity index is 1.74. The van der Waals surface area contributed by atoms with E-state index in [-0.39, 0.29) is 11.6 Å². The van der Waals surface area contributed by atoms with Crippen LogP contribution in [0.1, 0.15) is 76.0 Å². The van der Waals surface area contributed by atoms with Crippen LogP contribution in [0.5, 0.6) is 5.75 Å². The minimum absolute atomic E-state index is 0.0642. The molecule has 1 aromatic carbocycles. The van der Waals surface area contributed by atoms with Gasteiger partial charge in [-0.05, 0) is 49.8 Å². The van der Waals surface area contributed by atoms with Crippen LogP contribution in [0.25, 0.3) is 0 Å². The van der Waals surface area contributed by atoms with E-state index < -0.39 is 0 Å². The van der Waals surface area contributed by atoms with Gasteiger partial charge in [-0.25, -0.2) is 0 Å². The molecule has 2 N–H and O–H groups in total. The zero-order valence-electron chi connectivity index (χ0n) is 13.5. The fourth-order valence-electron chi connectivity index (χ4n) is 3.96. The maximum absolute atomic E-state index is 6.61. The molecule has 1 aliphatic carbocycles.